The number of nitrogens with zero attached hydrogens (tertiary/aromatic N) is 5. The predicted molar refractivity (Wildman–Crippen MR) is 130 cm³/mol. The van der Waals surface area contributed by atoms with Crippen LogP contribution in [0.4, 0.5) is 0 Å². The highest BCUT2D eigenvalue weighted by atomic mass is 16.1. The van der Waals surface area contributed by atoms with Gasteiger partial charge in [-0.15, -0.1) is 0 Å². The second kappa shape index (κ2) is 7.86. The van der Waals surface area contributed by atoms with E-state index in [1.807, 2.05) is 52.5 Å². The quantitative estimate of drug-likeness (QED) is 0.388. The van der Waals surface area contributed by atoms with E-state index >= 15 is 0 Å². The first kappa shape index (κ1) is 20.4. The van der Waals surface area contributed by atoms with E-state index in [0.29, 0.717) is 41.1 Å². The van der Waals surface area contributed by atoms with Crippen LogP contribution in [-0.2, 0) is 13.0 Å². The van der Waals surface area contributed by atoms with E-state index in [1.165, 1.54) is 0 Å². The number of aryl methyl sites for hydroxylation is 2. The van der Waals surface area contributed by atoms with Gasteiger partial charge in [-0.3, -0.25) is 13.9 Å². The molecule has 0 aliphatic rings. The summed E-state index contributed by atoms with van der Waals surface area (Å²) in [7, 11) is 0. The van der Waals surface area contributed by atoms with Gasteiger partial charge in [-0.2, -0.15) is 0 Å². The summed E-state index contributed by atoms with van der Waals surface area (Å²) in [4.78, 5) is 28.7. The van der Waals surface area contributed by atoms with Crippen LogP contribution in [-0.4, -0.2) is 24.1 Å². The molecule has 0 unspecified atom stereocenters. The molecule has 0 aliphatic carbocycles. The minimum Gasteiger partial charge on any atom is -0.296 e. The van der Waals surface area contributed by atoms with Gasteiger partial charge in [0.2, 0.25) is 0 Å². The topological polar surface area (TPSA) is 65.6 Å². The van der Waals surface area contributed by atoms with Crippen LogP contribution in [0.2, 0.25) is 0 Å². The maximum absolute atomic E-state index is 13.8. The predicted octanol–water partition coefficient (Wildman–Crippen LogP) is 5.20. The largest absolute Gasteiger partial charge is 0.296 e. The molecule has 0 saturated heterocycles. The highest BCUT2D eigenvalue weighted by Crippen LogP contribution is 2.29. The second-order valence-electron chi connectivity index (χ2n) is 8.78. The fourth-order valence-electron chi connectivity index (χ4n) is 4.27. The highest BCUT2D eigenvalue weighted by Gasteiger charge is 2.22. The van der Waals surface area contributed by atoms with Crippen LogP contribution in [0.3, 0.4) is 0 Å². The molecule has 0 spiro atoms. The molecular formula is C26H27N5O. The van der Waals surface area contributed by atoms with E-state index in [1.54, 1.807) is 0 Å². The summed E-state index contributed by atoms with van der Waals surface area (Å²) < 4.78 is 3.82. The summed E-state index contributed by atoms with van der Waals surface area (Å²) in [5.74, 6) is 1.30. The molecule has 5 rings (SSSR count). The summed E-state index contributed by atoms with van der Waals surface area (Å²) in [6.07, 6.45) is 1.60. The molecule has 0 N–H and O–H groups in total. The Labute approximate surface area is 186 Å². The molecule has 0 atom stereocenters. The van der Waals surface area contributed by atoms with Crippen molar-refractivity contribution >= 4 is 33.2 Å². The number of para-hydroxylation sites is 2. The molecule has 32 heavy (non-hydrogen) atoms. The minimum atomic E-state index is -0.0338. The Kier molecular flexibility index (Phi) is 5.00. The highest BCUT2D eigenvalue weighted by molar-refractivity contribution is 6.05. The lowest BCUT2D eigenvalue weighted by molar-refractivity contribution is 0.494. The van der Waals surface area contributed by atoms with Crippen molar-refractivity contribution in [2.45, 2.75) is 47.1 Å². The van der Waals surface area contributed by atoms with Crippen LogP contribution < -0.4 is 5.56 Å². The maximum atomic E-state index is 13.8. The summed E-state index contributed by atoms with van der Waals surface area (Å²) in [6, 6.07) is 16.0. The van der Waals surface area contributed by atoms with Gasteiger partial charge >= 0.3 is 0 Å². The van der Waals surface area contributed by atoms with Gasteiger partial charge in [0.05, 0.1) is 11.0 Å². The van der Waals surface area contributed by atoms with Crippen molar-refractivity contribution in [3.05, 3.63) is 70.3 Å². The molecule has 0 radical (unpaired) electrons. The molecule has 6 heteroatoms. The van der Waals surface area contributed by atoms with Crippen molar-refractivity contribution in [3.8, 4) is 5.69 Å². The summed E-state index contributed by atoms with van der Waals surface area (Å²) in [5, 5.41) is 0.542. The zero-order valence-electron chi connectivity index (χ0n) is 19.0. The number of benzene rings is 2. The van der Waals surface area contributed by atoms with E-state index in [0.717, 1.165) is 34.5 Å². The fraction of sp³-hybridized carbons (Fsp3) is 0.308. The summed E-state index contributed by atoms with van der Waals surface area (Å²) in [6.45, 7) is 9.10. The van der Waals surface area contributed by atoms with Gasteiger partial charge in [0, 0.05) is 18.7 Å². The molecule has 162 valence electrons. The zero-order chi connectivity index (χ0) is 22.4. The first-order chi connectivity index (χ1) is 15.5. The van der Waals surface area contributed by atoms with Crippen molar-refractivity contribution in [1.82, 2.24) is 24.1 Å². The number of aromatic nitrogens is 5. The standard InChI is InChI=1S/C26H27N5O/c1-5-21-29-24-22(26(32)30(21)14-13-16(2)3)23-25(28-20-12-7-6-11-19(20)27-23)31(24)18-10-8-9-17(4)15-18/h6-12,15-16H,5,13-14H2,1-4H3. The van der Waals surface area contributed by atoms with Gasteiger partial charge in [0.25, 0.3) is 5.56 Å². The lowest BCUT2D eigenvalue weighted by atomic mass is 10.1. The van der Waals surface area contributed by atoms with Gasteiger partial charge in [-0.05, 0) is 49.1 Å². The lowest BCUT2D eigenvalue weighted by Gasteiger charge is -2.13. The molecule has 0 bridgehead atoms. The number of rotatable bonds is 5. The third-order valence-electron chi connectivity index (χ3n) is 5.95. The Morgan fingerprint density at radius 3 is 2.38 bits per heavy atom. The molecular weight excluding hydrogens is 398 g/mol. The molecule has 3 aromatic heterocycles. The molecule has 0 aliphatic heterocycles. The van der Waals surface area contributed by atoms with Gasteiger partial charge in [-0.25, -0.2) is 15.0 Å². The SMILES string of the molecule is CCc1nc2c(c(=O)n1CCC(C)C)c1nc3ccccc3nc1n2-c1cccc(C)c1. The molecule has 3 heterocycles. The van der Waals surface area contributed by atoms with Crippen molar-refractivity contribution in [3.63, 3.8) is 0 Å². The Balaban J connectivity index is 1.95. The normalized spacial score (nSPS) is 11.9. The molecule has 6 nitrogen and oxygen atoms in total. The smallest absolute Gasteiger partial charge is 0.265 e. The average Bonchev–Trinajstić information content (AvgIpc) is 3.09. The Morgan fingerprint density at radius 1 is 0.938 bits per heavy atom. The summed E-state index contributed by atoms with van der Waals surface area (Å²) >= 11 is 0. The van der Waals surface area contributed by atoms with Crippen LogP contribution in [0.15, 0.2) is 53.3 Å². The van der Waals surface area contributed by atoms with E-state index in [9.17, 15) is 4.79 Å². The second-order valence-corrected chi connectivity index (χ2v) is 8.78. The van der Waals surface area contributed by atoms with Crippen molar-refractivity contribution in [2.24, 2.45) is 5.92 Å². The van der Waals surface area contributed by atoms with Crippen LogP contribution in [0.1, 0.15) is 38.6 Å². The van der Waals surface area contributed by atoms with Gasteiger partial charge < -0.3 is 0 Å². The fourth-order valence-corrected chi connectivity index (χ4v) is 4.27. The number of fused-ring (bicyclic) bond motifs is 4. The van der Waals surface area contributed by atoms with E-state index < -0.39 is 0 Å². The lowest BCUT2D eigenvalue weighted by Crippen LogP contribution is -2.26. The van der Waals surface area contributed by atoms with E-state index in [-0.39, 0.29) is 5.56 Å². The first-order valence-corrected chi connectivity index (χ1v) is 11.3. The zero-order valence-corrected chi connectivity index (χ0v) is 19.0. The van der Waals surface area contributed by atoms with E-state index in [2.05, 4.69) is 32.9 Å². The Bertz CT molecular complexity index is 1530. The van der Waals surface area contributed by atoms with Crippen molar-refractivity contribution in [2.75, 3.05) is 0 Å². The molecule has 0 saturated carbocycles. The van der Waals surface area contributed by atoms with Gasteiger partial charge in [0.15, 0.2) is 11.3 Å². The van der Waals surface area contributed by atoms with Crippen LogP contribution >= 0.6 is 0 Å². The van der Waals surface area contributed by atoms with Crippen LogP contribution in [0, 0.1) is 12.8 Å². The maximum Gasteiger partial charge on any atom is 0.265 e. The van der Waals surface area contributed by atoms with Crippen LogP contribution in [0.5, 0.6) is 0 Å². The van der Waals surface area contributed by atoms with E-state index in [4.69, 9.17) is 15.0 Å². The van der Waals surface area contributed by atoms with Crippen molar-refractivity contribution in [1.29, 1.82) is 0 Å². The molecule has 0 fully saturated rings. The minimum absolute atomic E-state index is 0.0338. The number of hydrogen-bond acceptors (Lipinski definition) is 4. The Morgan fingerprint density at radius 2 is 1.69 bits per heavy atom. The third kappa shape index (κ3) is 3.27. The number of hydrogen-bond donors (Lipinski definition) is 0. The molecule has 0 amide bonds. The van der Waals surface area contributed by atoms with Gasteiger partial charge in [0.1, 0.15) is 16.7 Å². The van der Waals surface area contributed by atoms with Crippen molar-refractivity contribution < 1.29 is 0 Å². The van der Waals surface area contributed by atoms with Crippen LogP contribution in [0.25, 0.3) is 38.9 Å². The first-order valence-electron chi connectivity index (χ1n) is 11.3. The average molecular weight is 426 g/mol. The third-order valence-corrected chi connectivity index (χ3v) is 5.95. The molecule has 2 aromatic carbocycles. The monoisotopic (exact) mass is 425 g/mol. The van der Waals surface area contributed by atoms with Gasteiger partial charge in [-0.1, -0.05) is 45.0 Å². The Hall–Kier alpha value is -3.54. The molecule has 5 aromatic rings. The summed E-state index contributed by atoms with van der Waals surface area (Å²) in [5.41, 5.74) is 5.51.